The van der Waals surface area contributed by atoms with Gasteiger partial charge in [0.05, 0.1) is 17.2 Å². The molecule has 0 aliphatic heterocycles. The first-order chi connectivity index (χ1) is 12.5. The van der Waals surface area contributed by atoms with Crippen LogP contribution in [-0.2, 0) is 0 Å². The standard InChI is InChI=1S/C18H11F2N5O/c19-15-5-4-14(7-16(15)20)24-17(26)12-9-22-18(23-10-12)25-13-3-1-2-11(6-13)8-21/h1-7,9-10H,(H,24,26)(H,22,23,25). The van der Waals surface area contributed by atoms with Crippen LogP contribution < -0.4 is 10.6 Å². The molecule has 0 fully saturated rings. The second-order valence-corrected chi connectivity index (χ2v) is 5.20. The van der Waals surface area contributed by atoms with E-state index >= 15 is 0 Å². The van der Waals surface area contributed by atoms with Crippen LogP contribution in [-0.4, -0.2) is 15.9 Å². The Labute approximate surface area is 147 Å². The number of aromatic nitrogens is 2. The zero-order valence-corrected chi connectivity index (χ0v) is 13.2. The number of nitrogens with zero attached hydrogens (tertiary/aromatic N) is 3. The minimum Gasteiger partial charge on any atom is -0.324 e. The summed E-state index contributed by atoms with van der Waals surface area (Å²) in [6.45, 7) is 0. The van der Waals surface area contributed by atoms with E-state index in [9.17, 15) is 13.6 Å². The minimum absolute atomic E-state index is 0.115. The molecule has 6 nitrogen and oxygen atoms in total. The van der Waals surface area contributed by atoms with Crippen molar-refractivity contribution in [2.75, 3.05) is 10.6 Å². The molecule has 1 amide bonds. The van der Waals surface area contributed by atoms with E-state index in [0.29, 0.717) is 11.3 Å². The van der Waals surface area contributed by atoms with Crippen molar-refractivity contribution in [3.05, 3.63) is 77.6 Å². The zero-order chi connectivity index (χ0) is 18.5. The molecule has 0 aliphatic carbocycles. The zero-order valence-electron chi connectivity index (χ0n) is 13.2. The van der Waals surface area contributed by atoms with Crippen LogP contribution in [0.15, 0.2) is 54.9 Å². The average molecular weight is 351 g/mol. The number of nitrogens with one attached hydrogen (secondary N) is 2. The summed E-state index contributed by atoms with van der Waals surface area (Å²) < 4.78 is 26.1. The van der Waals surface area contributed by atoms with Crippen molar-refractivity contribution in [3.8, 4) is 6.07 Å². The van der Waals surface area contributed by atoms with Gasteiger partial charge in [-0.15, -0.1) is 0 Å². The van der Waals surface area contributed by atoms with Crippen LogP contribution >= 0.6 is 0 Å². The van der Waals surface area contributed by atoms with Gasteiger partial charge in [0, 0.05) is 29.8 Å². The van der Waals surface area contributed by atoms with Crippen molar-refractivity contribution in [2.24, 2.45) is 0 Å². The van der Waals surface area contributed by atoms with Crippen molar-refractivity contribution in [2.45, 2.75) is 0 Å². The number of benzene rings is 2. The average Bonchev–Trinajstić information content (AvgIpc) is 2.65. The van der Waals surface area contributed by atoms with Gasteiger partial charge in [0.15, 0.2) is 11.6 Å². The summed E-state index contributed by atoms with van der Waals surface area (Å²) >= 11 is 0. The molecule has 2 aromatic carbocycles. The van der Waals surface area contributed by atoms with Crippen molar-refractivity contribution in [1.29, 1.82) is 5.26 Å². The van der Waals surface area contributed by atoms with E-state index in [2.05, 4.69) is 20.6 Å². The first-order valence-corrected chi connectivity index (χ1v) is 7.41. The maximum absolute atomic E-state index is 13.2. The van der Waals surface area contributed by atoms with Crippen molar-refractivity contribution in [3.63, 3.8) is 0 Å². The highest BCUT2D eigenvalue weighted by Gasteiger charge is 2.10. The van der Waals surface area contributed by atoms with Crippen LogP contribution in [0.25, 0.3) is 0 Å². The molecule has 1 aromatic heterocycles. The summed E-state index contributed by atoms with van der Waals surface area (Å²) in [4.78, 5) is 20.1. The van der Waals surface area contributed by atoms with Gasteiger partial charge >= 0.3 is 0 Å². The van der Waals surface area contributed by atoms with Crippen LogP contribution in [0.1, 0.15) is 15.9 Å². The van der Waals surface area contributed by atoms with E-state index in [-0.39, 0.29) is 17.2 Å². The molecule has 128 valence electrons. The topological polar surface area (TPSA) is 90.7 Å². The number of carbonyl (C=O) groups excluding carboxylic acids is 1. The first-order valence-electron chi connectivity index (χ1n) is 7.41. The van der Waals surface area contributed by atoms with Crippen LogP contribution in [0.2, 0.25) is 0 Å². The third-order valence-electron chi connectivity index (χ3n) is 3.34. The van der Waals surface area contributed by atoms with E-state index in [0.717, 1.165) is 12.1 Å². The molecule has 0 aliphatic rings. The first kappa shape index (κ1) is 17.0. The smallest absolute Gasteiger partial charge is 0.258 e. The second-order valence-electron chi connectivity index (χ2n) is 5.20. The maximum atomic E-state index is 13.2. The number of hydrogen-bond acceptors (Lipinski definition) is 5. The van der Waals surface area contributed by atoms with Gasteiger partial charge in [0.25, 0.3) is 5.91 Å². The summed E-state index contributed by atoms with van der Waals surface area (Å²) in [6.07, 6.45) is 2.58. The van der Waals surface area contributed by atoms with Gasteiger partial charge in [0.1, 0.15) is 0 Å². The van der Waals surface area contributed by atoms with E-state index in [1.807, 2.05) is 6.07 Å². The molecule has 26 heavy (non-hydrogen) atoms. The number of carbonyl (C=O) groups is 1. The van der Waals surface area contributed by atoms with Crippen LogP contribution in [0, 0.1) is 23.0 Å². The number of nitriles is 1. The lowest BCUT2D eigenvalue weighted by atomic mass is 10.2. The minimum atomic E-state index is -1.06. The Kier molecular flexibility index (Phi) is 4.80. The van der Waals surface area contributed by atoms with E-state index in [1.54, 1.807) is 24.3 Å². The quantitative estimate of drug-likeness (QED) is 0.749. The number of anilines is 3. The highest BCUT2D eigenvalue weighted by molar-refractivity contribution is 6.03. The molecule has 3 rings (SSSR count). The lowest BCUT2D eigenvalue weighted by molar-refractivity contribution is 0.102. The van der Waals surface area contributed by atoms with Gasteiger partial charge < -0.3 is 10.6 Å². The fourth-order valence-corrected chi connectivity index (χ4v) is 2.08. The Bertz CT molecular complexity index is 999. The predicted molar refractivity (Wildman–Crippen MR) is 90.8 cm³/mol. The van der Waals surface area contributed by atoms with Gasteiger partial charge in [-0.25, -0.2) is 18.7 Å². The Morgan fingerprint density at radius 2 is 1.77 bits per heavy atom. The fourth-order valence-electron chi connectivity index (χ4n) is 2.08. The van der Waals surface area contributed by atoms with E-state index < -0.39 is 17.5 Å². The highest BCUT2D eigenvalue weighted by Crippen LogP contribution is 2.16. The monoisotopic (exact) mass is 351 g/mol. The normalized spacial score (nSPS) is 10.0. The molecule has 3 aromatic rings. The summed E-state index contributed by atoms with van der Waals surface area (Å²) in [5.41, 5.74) is 1.37. The molecule has 2 N–H and O–H groups in total. The third-order valence-corrected chi connectivity index (χ3v) is 3.34. The van der Waals surface area contributed by atoms with Crippen LogP contribution in [0.3, 0.4) is 0 Å². The summed E-state index contributed by atoms with van der Waals surface area (Å²) in [6, 6.07) is 11.8. The molecule has 0 spiro atoms. The molecule has 0 saturated heterocycles. The van der Waals surface area contributed by atoms with Gasteiger partial charge in [-0.05, 0) is 30.3 Å². The number of rotatable bonds is 4. The number of amides is 1. The molecular formula is C18H11F2N5O. The molecule has 0 saturated carbocycles. The molecule has 0 unspecified atom stereocenters. The molecule has 0 radical (unpaired) electrons. The molecule has 0 atom stereocenters. The molecule has 8 heteroatoms. The SMILES string of the molecule is N#Cc1cccc(Nc2ncc(C(=O)Nc3ccc(F)c(F)c3)cn2)c1. The highest BCUT2D eigenvalue weighted by atomic mass is 19.2. The molecular weight excluding hydrogens is 340 g/mol. The van der Waals surface area contributed by atoms with Gasteiger partial charge in [-0.2, -0.15) is 5.26 Å². The summed E-state index contributed by atoms with van der Waals surface area (Å²) in [7, 11) is 0. The predicted octanol–water partition coefficient (Wildman–Crippen LogP) is 3.62. The van der Waals surface area contributed by atoms with E-state index in [1.165, 1.54) is 18.5 Å². The van der Waals surface area contributed by atoms with Crippen molar-refractivity contribution >= 4 is 23.2 Å². The van der Waals surface area contributed by atoms with Gasteiger partial charge in [-0.3, -0.25) is 4.79 Å². The van der Waals surface area contributed by atoms with Crippen molar-refractivity contribution in [1.82, 2.24) is 9.97 Å². The van der Waals surface area contributed by atoms with E-state index in [4.69, 9.17) is 5.26 Å². The van der Waals surface area contributed by atoms with Crippen molar-refractivity contribution < 1.29 is 13.6 Å². The van der Waals surface area contributed by atoms with Gasteiger partial charge in [0.2, 0.25) is 5.95 Å². The molecule has 1 heterocycles. The Balaban J connectivity index is 1.69. The second kappa shape index (κ2) is 7.36. The third kappa shape index (κ3) is 3.96. The van der Waals surface area contributed by atoms with Gasteiger partial charge in [-0.1, -0.05) is 6.07 Å². The molecule has 0 bridgehead atoms. The summed E-state index contributed by atoms with van der Waals surface area (Å²) in [5.74, 6) is -2.38. The van der Waals surface area contributed by atoms with Crippen LogP contribution in [0.5, 0.6) is 0 Å². The number of hydrogen-bond donors (Lipinski definition) is 2. The number of halogens is 2. The Morgan fingerprint density at radius 1 is 1.00 bits per heavy atom. The Hall–Kier alpha value is -3.86. The maximum Gasteiger partial charge on any atom is 0.258 e. The fraction of sp³-hybridized carbons (Fsp3) is 0. The lowest BCUT2D eigenvalue weighted by Crippen LogP contribution is -2.13. The summed E-state index contributed by atoms with van der Waals surface area (Å²) in [5, 5.41) is 14.2. The Morgan fingerprint density at radius 3 is 2.46 bits per heavy atom. The largest absolute Gasteiger partial charge is 0.324 e. The van der Waals surface area contributed by atoms with Crippen LogP contribution in [0.4, 0.5) is 26.1 Å². The lowest BCUT2D eigenvalue weighted by Gasteiger charge is -2.07.